The maximum atomic E-state index is 4.66. The summed E-state index contributed by atoms with van der Waals surface area (Å²) in [6.07, 6.45) is 5.66. The van der Waals surface area contributed by atoms with E-state index < -0.39 is 0 Å². The third-order valence-corrected chi connectivity index (χ3v) is 4.51. The van der Waals surface area contributed by atoms with Crippen molar-refractivity contribution in [3.8, 4) is 0 Å². The van der Waals surface area contributed by atoms with E-state index in [0.717, 1.165) is 25.9 Å². The topological polar surface area (TPSA) is 29.9 Å². The first kappa shape index (κ1) is 16.7. The van der Waals surface area contributed by atoms with Gasteiger partial charge in [0, 0.05) is 12.6 Å². The van der Waals surface area contributed by atoms with Crippen LogP contribution in [0.15, 0.2) is 4.47 Å². The molecule has 1 atom stereocenters. The van der Waals surface area contributed by atoms with Crippen LogP contribution in [0.1, 0.15) is 58.3 Å². The van der Waals surface area contributed by atoms with Crippen LogP contribution in [0.25, 0.3) is 0 Å². The highest BCUT2D eigenvalue weighted by Crippen LogP contribution is 2.24. The smallest absolute Gasteiger partial charge is 0.0766 e. The van der Waals surface area contributed by atoms with E-state index in [2.05, 4.69) is 58.7 Å². The van der Waals surface area contributed by atoms with Crippen molar-refractivity contribution in [1.82, 2.24) is 15.1 Å². The first-order valence-corrected chi connectivity index (χ1v) is 8.44. The number of aromatic nitrogens is 2. The van der Waals surface area contributed by atoms with Crippen LogP contribution in [-0.4, -0.2) is 22.4 Å². The fourth-order valence-electron chi connectivity index (χ4n) is 2.37. The molecule has 0 radical (unpaired) electrons. The zero-order valence-corrected chi connectivity index (χ0v) is 14.4. The molecule has 1 heterocycles. The fourth-order valence-corrected chi connectivity index (χ4v) is 3.13. The molecule has 0 spiro atoms. The normalized spacial score (nSPS) is 12.9. The van der Waals surface area contributed by atoms with Crippen molar-refractivity contribution >= 4 is 15.9 Å². The van der Waals surface area contributed by atoms with Crippen LogP contribution in [0.5, 0.6) is 0 Å². The molecule has 1 rings (SSSR count). The van der Waals surface area contributed by atoms with Gasteiger partial charge in [0.1, 0.15) is 0 Å². The van der Waals surface area contributed by atoms with E-state index in [1.54, 1.807) is 0 Å². The van der Waals surface area contributed by atoms with E-state index in [9.17, 15) is 0 Å². The lowest BCUT2D eigenvalue weighted by molar-refractivity contribution is 0.459. The zero-order valence-electron chi connectivity index (χ0n) is 12.8. The number of hydrogen-bond acceptors (Lipinski definition) is 2. The molecular weight excluding hydrogens is 302 g/mol. The Labute approximate surface area is 126 Å². The van der Waals surface area contributed by atoms with Gasteiger partial charge in [-0.1, -0.05) is 20.8 Å². The minimum Gasteiger partial charge on any atom is -0.314 e. The van der Waals surface area contributed by atoms with Gasteiger partial charge in [-0.2, -0.15) is 5.10 Å². The molecule has 0 aliphatic heterocycles. The summed E-state index contributed by atoms with van der Waals surface area (Å²) in [6, 6.07) is 0.622. The van der Waals surface area contributed by atoms with Crippen molar-refractivity contribution in [3.63, 3.8) is 0 Å². The second-order valence-corrected chi connectivity index (χ2v) is 5.77. The van der Waals surface area contributed by atoms with E-state index >= 15 is 0 Å². The molecule has 0 aromatic carbocycles. The molecule has 0 aliphatic carbocycles. The molecule has 19 heavy (non-hydrogen) atoms. The maximum absolute atomic E-state index is 4.66. The molecule has 1 N–H and O–H groups in total. The fraction of sp³-hybridized carbons (Fsp3) is 0.800. The summed E-state index contributed by atoms with van der Waals surface area (Å²) in [4.78, 5) is 0. The predicted octanol–water partition coefficient (Wildman–Crippen LogP) is 3.94. The van der Waals surface area contributed by atoms with E-state index in [-0.39, 0.29) is 0 Å². The van der Waals surface area contributed by atoms with Crippen molar-refractivity contribution in [2.75, 3.05) is 6.54 Å². The summed E-state index contributed by atoms with van der Waals surface area (Å²) in [5.41, 5.74) is 2.54. The number of aryl methyl sites for hydroxylation is 2. The van der Waals surface area contributed by atoms with Crippen LogP contribution in [0, 0.1) is 0 Å². The van der Waals surface area contributed by atoms with E-state index in [1.165, 1.54) is 35.1 Å². The molecule has 110 valence electrons. The lowest BCUT2D eigenvalue weighted by atomic mass is 10.1. The molecule has 0 amide bonds. The molecule has 0 fully saturated rings. The van der Waals surface area contributed by atoms with Crippen LogP contribution in [0.3, 0.4) is 0 Å². The molecule has 0 saturated heterocycles. The van der Waals surface area contributed by atoms with Crippen molar-refractivity contribution in [2.45, 2.75) is 72.4 Å². The van der Waals surface area contributed by atoms with Crippen LogP contribution in [-0.2, 0) is 19.4 Å². The number of halogens is 1. The average molecular weight is 330 g/mol. The predicted molar refractivity (Wildman–Crippen MR) is 85.7 cm³/mol. The second-order valence-electron chi connectivity index (χ2n) is 4.97. The second kappa shape index (κ2) is 8.75. The van der Waals surface area contributed by atoms with Gasteiger partial charge in [0.25, 0.3) is 0 Å². The lowest BCUT2D eigenvalue weighted by Gasteiger charge is -2.16. The Bertz CT molecular complexity index is 374. The van der Waals surface area contributed by atoms with Crippen LogP contribution in [0.4, 0.5) is 0 Å². The number of rotatable bonds is 9. The summed E-state index contributed by atoms with van der Waals surface area (Å²) in [5, 5.41) is 8.28. The third-order valence-electron chi connectivity index (χ3n) is 3.60. The molecule has 0 bridgehead atoms. The Morgan fingerprint density at radius 1 is 1.26 bits per heavy atom. The summed E-state index contributed by atoms with van der Waals surface area (Å²) < 4.78 is 3.37. The molecule has 1 aromatic heterocycles. The van der Waals surface area contributed by atoms with Gasteiger partial charge in [0.15, 0.2) is 0 Å². The van der Waals surface area contributed by atoms with Crippen LogP contribution >= 0.6 is 15.9 Å². The Morgan fingerprint density at radius 3 is 2.53 bits per heavy atom. The lowest BCUT2D eigenvalue weighted by Crippen LogP contribution is -2.29. The Balaban J connectivity index is 2.67. The largest absolute Gasteiger partial charge is 0.314 e. The SMILES string of the molecule is CCCNC(CC)CCc1c(Br)c(CC)nn1CC. The van der Waals surface area contributed by atoms with Crippen molar-refractivity contribution < 1.29 is 0 Å². The molecule has 4 heteroatoms. The first-order chi connectivity index (χ1) is 9.17. The zero-order chi connectivity index (χ0) is 14.3. The molecule has 0 saturated carbocycles. The van der Waals surface area contributed by atoms with E-state index in [0.29, 0.717) is 6.04 Å². The standard InChI is InChI=1S/C15H28BrN3/c1-5-11-17-12(6-2)9-10-14-15(16)13(7-3)18-19(14)8-4/h12,17H,5-11H2,1-4H3. The van der Waals surface area contributed by atoms with Crippen LogP contribution < -0.4 is 5.32 Å². The molecule has 3 nitrogen and oxygen atoms in total. The maximum Gasteiger partial charge on any atom is 0.0766 e. The van der Waals surface area contributed by atoms with Crippen molar-refractivity contribution in [2.24, 2.45) is 0 Å². The van der Waals surface area contributed by atoms with Crippen LogP contribution in [0.2, 0.25) is 0 Å². The summed E-state index contributed by atoms with van der Waals surface area (Å²) in [6.45, 7) is 10.9. The Kier molecular flexibility index (Phi) is 7.69. The number of nitrogens with one attached hydrogen (secondary N) is 1. The Hall–Kier alpha value is -0.350. The highest BCUT2D eigenvalue weighted by molar-refractivity contribution is 9.10. The van der Waals surface area contributed by atoms with Gasteiger partial charge in [-0.15, -0.1) is 0 Å². The number of hydrogen-bond donors (Lipinski definition) is 1. The van der Waals surface area contributed by atoms with Gasteiger partial charge in [-0.3, -0.25) is 4.68 Å². The van der Waals surface area contributed by atoms with E-state index in [1.807, 2.05) is 0 Å². The Morgan fingerprint density at radius 2 is 2.00 bits per heavy atom. The van der Waals surface area contributed by atoms with Gasteiger partial charge >= 0.3 is 0 Å². The summed E-state index contributed by atoms with van der Waals surface area (Å²) in [7, 11) is 0. The minimum atomic E-state index is 0.622. The van der Waals surface area contributed by atoms with Crippen molar-refractivity contribution in [3.05, 3.63) is 15.9 Å². The highest BCUT2D eigenvalue weighted by Gasteiger charge is 2.15. The average Bonchev–Trinajstić information content (AvgIpc) is 2.75. The van der Waals surface area contributed by atoms with Gasteiger partial charge in [-0.05, 0) is 61.5 Å². The van der Waals surface area contributed by atoms with Gasteiger partial charge in [0.2, 0.25) is 0 Å². The molecule has 0 aliphatic rings. The summed E-state index contributed by atoms with van der Waals surface area (Å²) in [5.74, 6) is 0. The van der Waals surface area contributed by atoms with Gasteiger partial charge in [-0.25, -0.2) is 0 Å². The minimum absolute atomic E-state index is 0.622. The third kappa shape index (κ3) is 4.60. The quantitative estimate of drug-likeness (QED) is 0.743. The van der Waals surface area contributed by atoms with Gasteiger partial charge in [0.05, 0.1) is 15.9 Å². The first-order valence-electron chi connectivity index (χ1n) is 7.65. The highest BCUT2D eigenvalue weighted by atomic mass is 79.9. The molecule has 1 aromatic rings. The molecule has 1 unspecified atom stereocenters. The molecular formula is C15H28BrN3. The van der Waals surface area contributed by atoms with Crippen molar-refractivity contribution in [1.29, 1.82) is 0 Å². The van der Waals surface area contributed by atoms with E-state index in [4.69, 9.17) is 0 Å². The van der Waals surface area contributed by atoms with Gasteiger partial charge < -0.3 is 5.32 Å². The summed E-state index contributed by atoms with van der Waals surface area (Å²) >= 11 is 3.72. The monoisotopic (exact) mass is 329 g/mol. The number of nitrogens with zero attached hydrogens (tertiary/aromatic N) is 2.